The van der Waals surface area contributed by atoms with Gasteiger partial charge in [-0.15, -0.1) is 0 Å². The Bertz CT molecular complexity index is 468. The number of nitrogens with zero attached hydrogens (tertiary/aromatic N) is 1. The number of hydrogen-bond acceptors (Lipinski definition) is 3. The molecule has 1 aromatic carbocycles. The SMILES string of the molecule is COC(=O)c1cccc(NC(=O)N2CCCCC2)c1. The van der Waals surface area contributed by atoms with Crippen molar-refractivity contribution in [2.24, 2.45) is 0 Å². The number of ether oxygens (including phenoxy) is 1. The molecule has 0 saturated carbocycles. The molecule has 0 atom stereocenters. The lowest BCUT2D eigenvalue weighted by atomic mass is 10.1. The molecule has 0 radical (unpaired) electrons. The van der Waals surface area contributed by atoms with Gasteiger partial charge in [0.2, 0.25) is 0 Å². The quantitative estimate of drug-likeness (QED) is 0.833. The van der Waals surface area contributed by atoms with Crippen LogP contribution in [0.5, 0.6) is 0 Å². The number of benzene rings is 1. The molecule has 0 spiro atoms. The highest BCUT2D eigenvalue weighted by atomic mass is 16.5. The zero-order valence-electron chi connectivity index (χ0n) is 11.0. The normalized spacial score (nSPS) is 14.9. The van der Waals surface area contributed by atoms with Crippen LogP contribution in [0.1, 0.15) is 29.6 Å². The van der Waals surface area contributed by atoms with Crippen LogP contribution in [0, 0.1) is 0 Å². The number of methoxy groups -OCH3 is 1. The maximum absolute atomic E-state index is 12.0. The van der Waals surface area contributed by atoms with E-state index in [1.165, 1.54) is 13.5 Å². The second-order valence-corrected chi connectivity index (χ2v) is 4.55. The Morgan fingerprint density at radius 3 is 2.63 bits per heavy atom. The summed E-state index contributed by atoms with van der Waals surface area (Å²) in [6.45, 7) is 1.59. The number of amides is 2. The molecule has 2 rings (SSSR count). The minimum Gasteiger partial charge on any atom is -0.465 e. The maximum Gasteiger partial charge on any atom is 0.337 e. The van der Waals surface area contributed by atoms with E-state index >= 15 is 0 Å². The van der Waals surface area contributed by atoms with Crippen molar-refractivity contribution in [2.75, 3.05) is 25.5 Å². The number of carbonyl (C=O) groups excluding carboxylic acids is 2. The van der Waals surface area contributed by atoms with Gasteiger partial charge >= 0.3 is 12.0 Å². The first kappa shape index (κ1) is 13.4. The predicted molar refractivity (Wildman–Crippen MR) is 72.2 cm³/mol. The number of esters is 1. The zero-order valence-corrected chi connectivity index (χ0v) is 11.0. The number of carbonyl (C=O) groups is 2. The molecule has 0 bridgehead atoms. The molecule has 5 nitrogen and oxygen atoms in total. The van der Waals surface area contributed by atoms with Crippen molar-refractivity contribution < 1.29 is 14.3 Å². The maximum atomic E-state index is 12.0. The lowest BCUT2D eigenvalue weighted by Gasteiger charge is -2.26. The van der Waals surface area contributed by atoms with Crippen molar-refractivity contribution in [3.8, 4) is 0 Å². The van der Waals surface area contributed by atoms with Crippen LogP contribution < -0.4 is 5.32 Å². The third kappa shape index (κ3) is 3.47. The highest BCUT2D eigenvalue weighted by Gasteiger charge is 2.16. The number of nitrogens with one attached hydrogen (secondary N) is 1. The molecule has 0 aromatic heterocycles. The summed E-state index contributed by atoms with van der Waals surface area (Å²) in [4.78, 5) is 25.2. The molecule has 2 amide bonds. The van der Waals surface area contributed by atoms with E-state index in [9.17, 15) is 9.59 Å². The van der Waals surface area contributed by atoms with E-state index < -0.39 is 5.97 Å². The van der Waals surface area contributed by atoms with E-state index in [-0.39, 0.29) is 6.03 Å². The summed E-state index contributed by atoms with van der Waals surface area (Å²) < 4.78 is 4.65. The van der Waals surface area contributed by atoms with Gasteiger partial charge in [-0.05, 0) is 37.5 Å². The highest BCUT2D eigenvalue weighted by molar-refractivity contribution is 5.93. The summed E-state index contributed by atoms with van der Waals surface area (Å²) in [5.41, 5.74) is 1.04. The van der Waals surface area contributed by atoms with Gasteiger partial charge in [0.05, 0.1) is 12.7 Å². The lowest BCUT2D eigenvalue weighted by Crippen LogP contribution is -2.38. The van der Waals surface area contributed by atoms with Crippen molar-refractivity contribution >= 4 is 17.7 Å². The van der Waals surface area contributed by atoms with E-state index in [2.05, 4.69) is 10.1 Å². The Morgan fingerprint density at radius 1 is 1.21 bits per heavy atom. The van der Waals surface area contributed by atoms with Gasteiger partial charge in [0.25, 0.3) is 0 Å². The van der Waals surface area contributed by atoms with E-state index in [0.717, 1.165) is 25.9 Å². The number of likely N-dealkylation sites (tertiary alicyclic amines) is 1. The molecule has 1 heterocycles. The molecule has 1 aromatic rings. The van der Waals surface area contributed by atoms with Crippen molar-refractivity contribution in [3.63, 3.8) is 0 Å². The van der Waals surface area contributed by atoms with Crippen molar-refractivity contribution in [2.45, 2.75) is 19.3 Å². The van der Waals surface area contributed by atoms with Crippen LogP contribution in [0.15, 0.2) is 24.3 Å². The average Bonchev–Trinajstić information content (AvgIpc) is 2.47. The summed E-state index contributed by atoms with van der Waals surface area (Å²) in [5.74, 6) is -0.408. The molecule has 19 heavy (non-hydrogen) atoms. The number of hydrogen-bond donors (Lipinski definition) is 1. The summed E-state index contributed by atoms with van der Waals surface area (Å²) >= 11 is 0. The van der Waals surface area contributed by atoms with Crippen LogP contribution in [-0.2, 0) is 4.74 Å². The van der Waals surface area contributed by atoms with Crippen molar-refractivity contribution in [1.29, 1.82) is 0 Å². The molecular weight excluding hydrogens is 244 g/mol. The molecule has 1 aliphatic heterocycles. The smallest absolute Gasteiger partial charge is 0.337 e. The molecule has 0 unspecified atom stereocenters. The van der Waals surface area contributed by atoms with E-state index in [1.54, 1.807) is 29.2 Å². The Balaban J connectivity index is 2.02. The molecule has 1 aliphatic rings. The van der Waals surface area contributed by atoms with E-state index in [0.29, 0.717) is 11.3 Å². The first-order valence-corrected chi connectivity index (χ1v) is 6.45. The Kier molecular flexibility index (Phi) is 4.39. The fraction of sp³-hybridized carbons (Fsp3) is 0.429. The second kappa shape index (κ2) is 6.22. The molecule has 102 valence electrons. The first-order chi connectivity index (χ1) is 9.20. The predicted octanol–water partition coefficient (Wildman–Crippen LogP) is 2.49. The average molecular weight is 262 g/mol. The minimum atomic E-state index is -0.408. The number of anilines is 1. The lowest BCUT2D eigenvalue weighted by molar-refractivity contribution is 0.0600. The number of urea groups is 1. The van der Waals surface area contributed by atoms with E-state index in [1.807, 2.05) is 0 Å². The fourth-order valence-electron chi connectivity index (χ4n) is 2.14. The minimum absolute atomic E-state index is 0.110. The summed E-state index contributed by atoms with van der Waals surface area (Å²) in [6.07, 6.45) is 3.28. The van der Waals surface area contributed by atoms with Gasteiger partial charge in [-0.1, -0.05) is 6.07 Å². The molecule has 0 aliphatic carbocycles. The monoisotopic (exact) mass is 262 g/mol. The van der Waals surface area contributed by atoms with Gasteiger partial charge in [0.15, 0.2) is 0 Å². The van der Waals surface area contributed by atoms with Crippen LogP contribution in [-0.4, -0.2) is 37.1 Å². The zero-order chi connectivity index (χ0) is 13.7. The Morgan fingerprint density at radius 2 is 1.95 bits per heavy atom. The Labute approximate surface area is 112 Å². The summed E-state index contributed by atoms with van der Waals surface area (Å²) in [5, 5.41) is 2.81. The highest BCUT2D eigenvalue weighted by Crippen LogP contribution is 2.14. The van der Waals surface area contributed by atoms with Crippen LogP contribution >= 0.6 is 0 Å². The van der Waals surface area contributed by atoms with Crippen LogP contribution in [0.25, 0.3) is 0 Å². The molecule has 1 fully saturated rings. The van der Waals surface area contributed by atoms with Gasteiger partial charge < -0.3 is 15.0 Å². The largest absolute Gasteiger partial charge is 0.465 e. The molecule has 5 heteroatoms. The standard InChI is InChI=1S/C14H18N2O3/c1-19-13(17)11-6-5-7-12(10-11)15-14(18)16-8-3-2-4-9-16/h5-7,10H,2-4,8-9H2,1H3,(H,15,18). The first-order valence-electron chi connectivity index (χ1n) is 6.45. The number of rotatable bonds is 2. The van der Waals surface area contributed by atoms with Gasteiger partial charge in [0, 0.05) is 18.8 Å². The second-order valence-electron chi connectivity index (χ2n) is 4.55. The van der Waals surface area contributed by atoms with Crippen molar-refractivity contribution in [1.82, 2.24) is 4.90 Å². The third-order valence-corrected chi connectivity index (χ3v) is 3.18. The van der Waals surface area contributed by atoms with Gasteiger partial charge in [-0.25, -0.2) is 9.59 Å². The van der Waals surface area contributed by atoms with Crippen LogP contribution in [0.2, 0.25) is 0 Å². The van der Waals surface area contributed by atoms with Gasteiger partial charge in [0.1, 0.15) is 0 Å². The van der Waals surface area contributed by atoms with Crippen LogP contribution in [0.4, 0.5) is 10.5 Å². The molecular formula is C14H18N2O3. The van der Waals surface area contributed by atoms with Crippen molar-refractivity contribution in [3.05, 3.63) is 29.8 Å². The molecule has 1 N–H and O–H groups in total. The number of piperidine rings is 1. The fourth-order valence-corrected chi connectivity index (χ4v) is 2.14. The topological polar surface area (TPSA) is 58.6 Å². The van der Waals surface area contributed by atoms with E-state index in [4.69, 9.17) is 0 Å². The third-order valence-electron chi connectivity index (χ3n) is 3.18. The summed E-state index contributed by atoms with van der Waals surface area (Å²) in [6, 6.07) is 6.64. The van der Waals surface area contributed by atoms with Gasteiger partial charge in [-0.3, -0.25) is 0 Å². The molecule has 1 saturated heterocycles. The van der Waals surface area contributed by atoms with Gasteiger partial charge in [-0.2, -0.15) is 0 Å². The summed E-state index contributed by atoms with van der Waals surface area (Å²) in [7, 11) is 1.33. The van der Waals surface area contributed by atoms with Crippen LogP contribution in [0.3, 0.4) is 0 Å². The Hall–Kier alpha value is -2.04.